The number of fused-ring (bicyclic) bond motifs is 1. The average Bonchev–Trinajstić information content (AvgIpc) is 2.82. The van der Waals surface area contributed by atoms with E-state index in [1.54, 1.807) is 0 Å². The van der Waals surface area contributed by atoms with E-state index in [0.717, 1.165) is 38.9 Å². The third kappa shape index (κ3) is 3.00. The highest BCUT2D eigenvalue weighted by molar-refractivity contribution is 5.76. The Morgan fingerprint density at radius 3 is 2.89 bits per heavy atom. The summed E-state index contributed by atoms with van der Waals surface area (Å²) in [5, 5.41) is 0. The van der Waals surface area contributed by atoms with E-state index in [0.29, 0.717) is 6.42 Å². The van der Waals surface area contributed by atoms with Crippen molar-refractivity contribution in [3.8, 4) is 0 Å². The molecule has 4 nitrogen and oxygen atoms in total. The van der Waals surface area contributed by atoms with E-state index in [9.17, 15) is 4.79 Å². The second kappa shape index (κ2) is 6.24. The van der Waals surface area contributed by atoms with Gasteiger partial charge in [-0.05, 0) is 44.7 Å². The third-order valence-corrected chi connectivity index (χ3v) is 4.12. The summed E-state index contributed by atoms with van der Waals surface area (Å²) in [6, 6.07) is 2.31. The standard InChI is InChI=1S/C15H25N3O/c1-3-17(4-2)15(19)9-11-18-10-8-12-13(16)6-5-7-14(12)18/h8,10,13H,3-7,9,11,16H2,1-2H3. The highest BCUT2D eigenvalue weighted by Gasteiger charge is 2.20. The van der Waals surface area contributed by atoms with E-state index >= 15 is 0 Å². The molecule has 1 aliphatic rings. The summed E-state index contributed by atoms with van der Waals surface area (Å²) in [5.74, 6) is 0.243. The molecule has 1 aromatic heterocycles. The van der Waals surface area contributed by atoms with Crippen molar-refractivity contribution in [3.63, 3.8) is 0 Å². The molecule has 0 fully saturated rings. The summed E-state index contributed by atoms with van der Waals surface area (Å²) >= 11 is 0. The number of carbonyl (C=O) groups is 1. The van der Waals surface area contributed by atoms with E-state index < -0.39 is 0 Å². The van der Waals surface area contributed by atoms with Gasteiger partial charge in [0.15, 0.2) is 0 Å². The first-order valence-electron chi connectivity index (χ1n) is 7.38. The molecule has 0 spiro atoms. The first-order valence-corrected chi connectivity index (χ1v) is 7.38. The molecular weight excluding hydrogens is 238 g/mol. The molecule has 1 aliphatic carbocycles. The molecule has 0 aromatic carbocycles. The Hall–Kier alpha value is -1.29. The molecule has 2 rings (SSSR count). The molecule has 1 aromatic rings. The first kappa shape index (κ1) is 14.1. The first-order chi connectivity index (χ1) is 9.17. The van der Waals surface area contributed by atoms with Gasteiger partial charge in [0.1, 0.15) is 0 Å². The summed E-state index contributed by atoms with van der Waals surface area (Å²) in [5.41, 5.74) is 8.74. The van der Waals surface area contributed by atoms with Gasteiger partial charge < -0.3 is 15.2 Å². The number of carbonyl (C=O) groups excluding carboxylic acids is 1. The Balaban J connectivity index is 1.99. The van der Waals surface area contributed by atoms with Gasteiger partial charge in [-0.2, -0.15) is 0 Å². The number of aryl methyl sites for hydroxylation is 1. The lowest BCUT2D eigenvalue weighted by Gasteiger charge is -2.22. The molecule has 0 saturated carbocycles. The lowest BCUT2D eigenvalue weighted by molar-refractivity contribution is -0.131. The average molecular weight is 263 g/mol. The van der Waals surface area contributed by atoms with Crippen molar-refractivity contribution in [3.05, 3.63) is 23.5 Å². The van der Waals surface area contributed by atoms with E-state index in [-0.39, 0.29) is 11.9 Å². The molecule has 0 aliphatic heterocycles. The predicted molar refractivity (Wildman–Crippen MR) is 76.8 cm³/mol. The number of rotatable bonds is 5. The molecule has 4 heteroatoms. The summed E-state index contributed by atoms with van der Waals surface area (Å²) in [4.78, 5) is 13.9. The van der Waals surface area contributed by atoms with Gasteiger partial charge in [0.25, 0.3) is 0 Å². The van der Waals surface area contributed by atoms with Gasteiger partial charge in [0.05, 0.1) is 0 Å². The van der Waals surface area contributed by atoms with Crippen LogP contribution in [-0.4, -0.2) is 28.5 Å². The second-order valence-electron chi connectivity index (χ2n) is 5.23. The summed E-state index contributed by atoms with van der Waals surface area (Å²) in [6.45, 7) is 6.42. The fourth-order valence-corrected chi connectivity index (χ4v) is 2.95. The van der Waals surface area contributed by atoms with Crippen molar-refractivity contribution in [1.29, 1.82) is 0 Å². The number of hydrogen-bond acceptors (Lipinski definition) is 2. The second-order valence-corrected chi connectivity index (χ2v) is 5.23. The van der Waals surface area contributed by atoms with Crippen LogP contribution < -0.4 is 5.73 Å². The van der Waals surface area contributed by atoms with E-state index in [1.807, 2.05) is 18.7 Å². The topological polar surface area (TPSA) is 51.3 Å². The van der Waals surface area contributed by atoms with Gasteiger partial charge in [-0.3, -0.25) is 4.79 Å². The quantitative estimate of drug-likeness (QED) is 0.884. The van der Waals surface area contributed by atoms with E-state index in [2.05, 4.69) is 16.8 Å². The lowest BCUT2D eigenvalue weighted by Crippen LogP contribution is -2.31. The SMILES string of the molecule is CCN(CC)C(=O)CCn1ccc2c1CCCC2N. The Kier molecular flexibility index (Phi) is 4.64. The van der Waals surface area contributed by atoms with Gasteiger partial charge in [-0.1, -0.05) is 0 Å². The van der Waals surface area contributed by atoms with Crippen LogP contribution in [0.4, 0.5) is 0 Å². The van der Waals surface area contributed by atoms with Crippen molar-refractivity contribution < 1.29 is 4.79 Å². The number of nitrogens with two attached hydrogens (primary N) is 1. The van der Waals surface area contributed by atoms with Crippen LogP contribution in [0.25, 0.3) is 0 Å². The number of aromatic nitrogens is 1. The normalized spacial score (nSPS) is 18.2. The highest BCUT2D eigenvalue weighted by Crippen LogP contribution is 2.28. The van der Waals surface area contributed by atoms with Crippen LogP contribution in [0.3, 0.4) is 0 Å². The minimum Gasteiger partial charge on any atom is -0.351 e. The van der Waals surface area contributed by atoms with Crippen LogP contribution >= 0.6 is 0 Å². The van der Waals surface area contributed by atoms with Gasteiger partial charge in [0, 0.05) is 44.0 Å². The Labute approximate surface area is 115 Å². The number of hydrogen-bond donors (Lipinski definition) is 1. The highest BCUT2D eigenvalue weighted by atomic mass is 16.2. The van der Waals surface area contributed by atoms with Crippen molar-refractivity contribution in [2.75, 3.05) is 13.1 Å². The zero-order valence-corrected chi connectivity index (χ0v) is 12.1. The minimum absolute atomic E-state index is 0.184. The molecule has 1 unspecified atom stereocenters. The maximum atomic E-state index is 12.0. The van der Waals surface area contributed by atoms with E-state index in [1.165, 1.54) is 11.3 Å². The van der Waals surface area contributed by atoms with Crippen LogP contribution in [0.2, 0.25) is 0 Å². The number of nitrogens with zero attached hydrogens (tertiary/aromatic N) is 2. The molecule has 0 radical (unpaired) electrons. The Bertz CT molecular complexity index is 435. The molecule has 0 bridgehead atoms. The monoisotopic (exact) mass is 263 g/mol. The summed E-state index contributed by atoms with van der Waals surface area (Å²) in [7, 11) is 0. The Morgan fingerprint density at radius 2 is 2.21 bits per heavy atom. The van der Waals surface area contributed by atoms with Gasteiger partial charge in [-0.25, -0.2) is 0 Å². The van der Waals surface area contributed by atoms with Crippen molar-refractivity contribution in [2.24, 2.45) is 5.73 Å². The van der Waals surface area contributed by atoms with Crippen LogP contribution in [0.5, 0.6) is 0 Å². The zero-order chi connectivity index (χ0) is 13.8. The van der Waals surface area contributed by atoms with Gasteiger partial charge in [0.2, 0.25) is 5.91 Å². The van der Waals surface area contributed by atoms with Crippen molar-refractivity contribution >= 4 is 5.91 Å². The van der Waals surface area contributed by atoms with Crippen LogP contribution in [0.1, 0.15) is 50.4 Å². The Morgan fingerprint density at radius 1 is 1.47 bits per heavy atom. The third-order valence-electron chi connectivity index (χ3n) is 4.12. The molecule has 19 heavy (non-hydrogen) atoms. The summed E-state index contributed by atoms with van der Waals surface area (Å²) in [6.07, 6.45) is 6.00. The number of amides is 1. The maximum absolute atomic E-state index is 12.0. The molecule has 1 atom stereocenters. The lowest BCUT2D eigenvalue weighted by atomic mass is 9.94. The van der Waals surface area contributed by atoms with E-state index in [4.69, 9.17) is 5.73 Å². The predicted octanol–water partition coefficient (Wildman–Crippen LogP) is 2.08. The largest absolute Gasteiger partial charge is 0.351 e. The van der Waals surface area contributed by atoms with Crippen molar-refractivity contribution in [1.82, 2.24) is 9.47 Å². The fourth-order valence-electron chi connectivity index (χ4n) is 2.95. The smallest absolute Gasteiger partial charge is 0.224 e. The van der Waals surface area contributed by atoms with Gasteiger partial charge >= 0.3 is 0 Å². The van der Waals surface area contributed by atoms with Gasteiger partial charge in [-0.15, -0.1) is 0 Å². The molecule has 1 heterocycles. The fraction of sp³-hybridized carbons (Fsp3) is 0.667. The summed E-state index contributed by atoms with van der Waals surface area (Å²) < 4.78 is 2.22. The zero-order valence-electron chi connectivity index (χ0n) is 12.1. The minimum atomic E-state index is 0.184. The van der Waals surface area contributed by atoms with Crippen LogP contribution in [-0.2, 0) is 17.8 Å². The molecule has 0 saturated heterocycles. The molecule has 106 valence electrons. The van der Waals surface area contributed by atoms with Crippen molar-refractivity contribution in [2.45, 2.75) is 52.1 Å². The maximum Gasteiger partial charge on any atom is 0.224 e. The van der Waals surface area contributed by atoms with Crippen LogP contribution in [0, 0.1) is 0 Å². The molecular formula is C15H25N3O. The molecule has 2 N–H and O–H groups in total. The van der Waals surface area contributed by atoms with Crippen LogP contribution in [0.15, 0.2) is 12.3 Å². The molecule has 1 amide bonds.